The molecule has 0 aliphatic heterocycles. The Morgan fingerprint density at radius 2 is 1.57 bits per heavy atom. The first kappa shape index (κ1) is 18.9. The summed E-state index contributed by atoms with van der Waals surface area (Å²) in [5.74, 6) is 0.467. The summed E-state index contributed by atoms with van der Waals surface area (Å²) in [6, 6.07) is 18.6. The van der Waals surface area contributed by atoms with Crippen LogP contribution in [-0.4, -0.2) is 27.9 Å². The monoisotopic (exact) mass is 391 g/mol. The molecular weight excluding hydrogens is 366 g/mol. The second-order valence-corrected chi connectivity index (χ2v) is 8.27. The van der Waals surface area contributed by atoms with Crippen LogP contribution < -0.4 is 5.32 Å². The summed E-state index contributed by atoms with van der Waals surface area (Å²) < 4.78 is 0. The summed E-state index contributed by atoms with van der Waals surface area (Å²) in [7, 11) is 0. The predicted molar refractivity (Wildman–Crippen MR) is 115 cm³/mol. The van der Waals surface area contributed by atoms with Crippen molar-refractivity contribution in [1.82, 2.24) is 15.5 Å². The highest BCUT2D eigenvalue weighted by Crippen LogP contribution is 2.31. The van der Waals surface area contributed by atoms with Crippen LogP contribution in [0.15, 0.2) is 59.6 Å². The highest BCUT2D eigenvalue weighted by atomic mass is 32.2. The van der Waals surface area contributed by atoms with E-state index in [2.05, 4.69) is 27.6 Å². The summed E-state index contributed by atoms with van der Waals surface area (Å²) in [6.07, 6.45) is 7.22. The van der Waals surface area contributed by atoms with Crippen LogP contribution in [0.3, 0.4) is 0 Å². The lowest BCUT2D eigenvalue weighted by Crippen LogP contribution is -2.35. The third-order valence-electron chi connectivity index (χ3n) is 5.26. The summed E-state index contributed by atoms with van der Waals surface area (Å²) in [6.45, 7) is 0. The van der Waals surface area contributed by atoms with E-state index in [1.807, 2.05) is 42.5 Å². The van der Waals surface area contributed by atoms with Crippen LogP contribution in [0, 0.1) is 0 Å². The van der Waals surface area contributed by atoms with E-state index >= 15 is 0 Å². The molecular formula is C23H25N3OS. The fraction of sp³-hybridized carbons (Fsp3) is 0.348. The van der Waals surface area contributed by atoms with Gasteiger partial charge in [-0.25, -0.2) is 0 Å². The lowest BCUT2D eigenvalue weighted by Gasteiger charge is -2.16. The lowest BCUT2D eigenvalue weighted by molar-refractivity contribution is -0.119. The van der Waals surface area contributed by atoms with E-state index in [0.717, 1.165) is 39.9 Å². The van der Waals surface area contributed by atoms with Gasteiger partial charge in [-0.2, -0.15) is 0 Å². The normalized spacial score (nSPS) is 15.3. The quantitative estimate of drug-likeness (QED) is 0.478. The Kier molecular flexibility index (Phi) is 6.22. The maximum atomic E-state index is 12.4. The first-order chi connectivity index (χ1) is 13.8. The molecule has 5 heteroatoms. The fourth-order valence-electron chi connectivity index (χ4n) is 3.82. The molecule has 4 nitrogen and oxygen atoms in total. The van der Waals surface area contributed by atoms with Gasteiger partial charge in [-0.15, -0.1) is 10.2 Å². The Hall–Kier alpha value is -2.40. The van der Waals surface area contributed by atoms with Gasteiger partial charge in [0.05, 0.1) is 5.75 Å². The van der Waals surface area contributed by atoms with Crippen LogP contribution in [0.25, 0.3) is 22.0 Å². The van der Waals surface area contributed by atoms with E-state index in [1.54, 1.807) is 0 Å². The van der Waals surface area contributed by atoms with E-state index in [9.17, 15) is 4.79 Å². The number of hydrogen-bond donors (Lipinski definition) is 1. The van der Waals surface area contributed by atoms with E-state index in [4.69, 9.17) is 0 Å². The van der Waals surface area contributed by atoms with Crippen molar-refractivity contribution in [3.8, 4) is 11.3 Å². The number of amides is 1. The number of rotatable bonds is 5. The molecule has 1 N–H and O–H groups in total. The van der Waals surface area contributed by atoms with Crippen molar-refractivity contribution >= 4 is 28.4 Å². The Balaban J connectivity index is 1.49. The SMILES string of the molecule is O=C(CSc1nnc(-c2ccccc2)c2ccccc12)NC1CCCCCC1. The average Bonchev–Trinajstić information content (AvgIpc) is 3.01. The molecule has 1 aromatic heterocycles. The van der Waals surface area contributed by atoms with Crippen molar-refractivity contribution in [2.75, 3.05) is 5.75 Å². The van der Waals surface area contributed by atoms with E-state index in [-0.39, 0.29) is 5.91 Å². The molecule has 1 saturated carbocycles. The van der Waals surface area contributed by atoms with E-state index in [0.29, 0.717) is 11.8 Å². The van der Waals surface area contributed by atoms with Gasteiger partial charge < -0.3 is 5.32 Å². The molecule has 1 aliphatic rings. The van der Waals surface area contributed by atoms with Gasteiger partial charge in [-0.1, -0.05) is 92.0 Å². The lowest BCUT2D eigenvalue weighted by atomic mass is 10.1. The number of hydrogen-bond acceptors (Lipinski definition) is 4. The number of carbonyl (C=O) groups is 1. The summed E-state index contributed by atoms with van der Waals surface area (Å²) in [5, 5.41) is 15.1. The highest BCUT2D eigenvalue weighted by Gasteiger charge is 2.16. The first-order valence-electron chi connectivity index (χ1n) is 10.0. The third-order valence-corrected chi connectivity index (χ3v) is 6.24. The largest absolute Gasteiger partial charge is 0.353 e. The van der Waals surface area contributed by atoms with Gasteiger partial charge >= 0.3 is 0 Å². The zero-order chi connectivity index (χ0) is 19.2. The number of fused-ring (bicyclic) bond motifs is 1. The zero-order valence-electron chi connectivity index (χ0n) is 15.9. The highest BCUT2D eigenvalue weighted by molar-refractivity contribution is 8.00. The molecule has 3 aromatic rings. The Bertz CT molecular complexity index is 937. The van der Waals surface area contributed by atoms with Crippen LogP contribution in [-0.2, 0) is 4.79 Å². The van der Waals surface area contributed by atoms with Crippen molar-refractivity contribution in [1.29, 1.82) is 0 Å². The van der Waals surface area contributed by atoms with Crippen molar-refractivity contribution in [2.45, 2.75) is 49.6 Å². The molecule has 0 spiro atoms. The van der Waals surface area contributed by atoms with Crippen molar-refractivity contribution < 1.29 is 4.79 Å². The fourth-order valence-corrected chi connectivity index (χ4v) is 4.61. The molecule has 1 fully saturated rings. The minimum atomic E-state index is 0.0925. The minimum Gasteiger partial charge on any atom is -0.353 e. The average molecular weight is 392 g/mol. The molecule has 4 rings (SSSR count). The van der Waals surface area contributed by atoms with Crippen LogP contribution in [0.1, 0.15) is 38.5 Å². The van der Waals surface area contributed by atoms with Crippen molar-refractivity contribution in [3.05, 3.63) is 54.6 Å². The summed E-state index contributed by atoms with van der Waals surface area (Å²) in [5.41, 5.74) is 1.93. The van der Waals surface area contributed by atoms with Gasteiger partial charge in [0.2, 0.25) is 5.91 Å². The number of benzene rings is 2. The van der Waals surface area contributed by atoms with Gasteiger partial charge in [-0.3, -0.25) is 4.79 Å². The molecule has 2 aromatic carbocycles. The number of nitrogens with zero attached hydrogens (tertiary/aromatic N) is 2. The third kappa shape index (κ3) is 4.53. The van der Waals surface area contributed by atoms with Crippen LogP contribution in [0.4, 0.5) is 0 Å². The van der Waals surface area contributed by atoms with Crippen LogP contribution in [0.5, 0.6) is 0 Å². The van der Waals surface area contributed by atoms with E-state index in [1.165, 1.54) is 37.4 Å². The molecule has 1 heterocycles. The Labute approximate surface area is 170 Å². The molecule has 0 bridgehead atoms. The zero-order valence-corrected chi connectivity index (χ0v) is 16.8. The first-order valence-corrected chi connectivity index (χ1v) is 11.0. The van der Waals surface area contributed by atoms with Crippen molar-refractivity contribution in [3.63, 3.8) is 0 Å². The van der Waals surface area contributed by atoms with Gasteiger partial charge in [0.15, 0.2) is 0 Å². The maximum absolute atomic E-state index is 12.4. The predicted octanol–water partition coefficient (Wildman–Crippen LogP) is 5.23. The summed E-state index contributed by atoms with van der Waals surface area (Å²) >= 11 is 1.47. The van der Waals surface area contributed by atoms with Gasteiger partial charge in [0.1, 0.15) is 10.7 Å². The van der Waals surface area contributed by atoms with Gasteiger partial charge in [0, 0.05) is 22.4 Å². The van der Waals surface area contributed by atoms with Gasteiger partial charge in [-0.05, 0) is 12.8 Å². The molecule has 0 atom stereocenters. The molecule has 28 heavy (non-hydrogen) atoms. The number of thioether (sulfide) groups is 1. The smallest absolute Gasteiger partial charge is 0.230 e. The second kappa shape index (κ2) is 9.20. The van der Waals surface area contributed by atoms with Crippen molar-refractivity contribution in [2.24, 2.45) is 0 Å². The Morgan fingerprint density at radius 3 is 2.32 bits per heavy atom. The molecule has 0 saturated heterocycles. The molecule has 0 unspecified atom stereocenters. The molecule has 144 valence electrons. The maximum Gasteiger partial charge on any atom is 0.230 e. The molecule has 0 radical (unpaired) electrons. The topological polar surface area (TPSA) is 54.9 Å². The van der Waals surface area contributed by atoms with Crippen LogP contribution >= 0.6 is 11.8 Å². The second-order valence-electron chi connectivity index (χ2n) is 7.31. The van der Waals surface area contributed by atoms with E-state index < -0.39 is 0 Å². The van der Waals surface area contributed by atoms with Gasteiger partial charge in [0.25, 0.3) is 0 Å². The Morgan fingerprint density at radius 1 is 0.893 bits per heavy atom. The minimum absolute atomic E-state index is 0.0925. The molecule has 1 amide bonds. The number of aromatic nitrogens is 2. The summed E-state index contributed by atoms with van der Waals surface area (Å²) in [4.78, 5) is 12.4. The number of carbonyl (C=O) groups excluding carboxylic acids is 1. The molecule has 1 aliphatic carbocycles. The number of nitrogens with one attached hydrogen (secondary N) is 1. The standard InChI is InChI=1S/C23H25N3OS/c27-21(24-18-12-6-1-2-7-13-18)16-28-23-20-15-9-8-14-19(20)22(25-26-23)17-10-4-3-5-11-17/h3-5,8-11,14-15,18H,1-2,6-7,12-13,16H2,(H,24,27). The van der Waals surface area contributed by atoms with Crippen LogP contribution in [0.2, 0.25) is 0 Å².